The maximum atomic E-state index is 13.9. The van der Waals surface area contributed by atoms with Crippen LogP contribution in [0.3, 0.4) is 0 Å². The van der Waals surface area contributed by atoms with Crippen molar-refractivity contribution in [2.75, 3.05) is 22.9 Å². The van der Waals surface area contributed by atoms with Gasteiger partial charge >= 0.3 is 11.3 Å². The predicted molar refractivity (Wildman–Crippen MR) is 308 cm³/mol. The Morgan fingerprint density at radius 1 is 0.568 bits per heavy atom. The number of unbranched alkanes of at least 4 members (excludes halogenated alkanes) is 2. The van der Waals surface area contributed by atoms with Crippen LogP contribution in [0.2, 0.25) is 0 Å². The van der Waals surface area contributed by atoms with Gasteiger partial charge in [0.05, 0.1) is 17.0 Å². The molecule has 2 atom stereocenters. The smallest absolute Gasteiger partial charge is 0.349 e. The third-order valence-corrected chi connectivity index (χ3v) is 15.2. The highest BCUT2D eigenvalue weighted by atomic mass is 32.2. The maximum absolute atomic E-state index is 13.9. The zero-order valence-electron chi connectivity index (χ0n) is 43.7. The summed E-state index contributed by atoms with van der Waals surface area (Å²) in [6.07, 6.45) is 10.7. The zero-order chi connectivity index (χ0) is 51.6. The van der Waals surface area contributed by atoms with E-state index in [1.807, 2.05) is 67.6 Å². The minimum atomic E-state index is -0.508. The van der Waals surface area contributed by atoms with Gasteiger partial charge < -0.3 is 23.1 Å². The fourth-order valence-electron chi connectivity index (χ4n) is 9.80. The first-order valence-corrected chi connectivity index (χ1v) is 27.5. The van der Waals surface area contributed by atoms with Gasteiger partial charge in [-0.2, -0.15) is 0 Å². The number of anilines is 4. The third-order valence-electron chi connectivity index (χ3n) is 14.2. The van der Waals surface area contributed by atoms with Crippen molar-refractivity contribution in [1.82, 2.24) is 4.98 Å². The SMILES string of the molecule is CCCCC(CC)CN(c1ccccc1)c1ccc2cc(C(CCC)=Nc3cc(Sc4ccc5oc(-c6cc7ccc(N(CC(CC)CCCC)c8ccccc8)cc7oc6=O)nc5c4)ccc3C)c(=O)oc2c1. The molecule has 74 heavy (non-hydrogen) atoms. The number of para-hydroxylation sites is 2. The van der Waals surface area contributed by atoms with Crippen LogP contribution in [0.25, 0.3) is 44.5 Å². The van der Waals surface area contributed by atoms with Crippen LogP contribution in [0.5, 0.6) is 0 Å². The number of rotatable bonds is 23. The van der Waals surface area contributed by atoms with Crippen LogP contribution in [0.1, 0.15) is 110 Å². The molecule has 0 radical (unpaired) electrons. The first-order chi connectivity index (χ1) is 36.1. The average molecular weight is 1010 g/mol. The summed E-state index contributed by atoms with van der Waals surface area (Å²) in [4.78, 5) is 44.2. The van der Waals surface area contributed by atoms with E-state index < -0.39 is 11.3 Å². The number of hydrogen-bond donors (Lipinski definition) is 0. The molecule has 380 valence electrons. The Kier molecular flexibility index (Phi) is 16.9. The molecule has 0 bridgehead atoms. The molecular formula is C64H68N4O5S. The molecule has 3 heterocycles. The number of benzene rings is 6. The highest BCUT2D eigenvalue weighted by Crippen LogP contribution is 2.37. The Labute approximate surface area is 439 Å². The summed E-state index contributed by atoms with van der Waals surface area (Å²) < 4.78 is 18.4. The number of nitrogens with zero attached hydrogens (tertiary/aromatic N) is 4. The van der Waals surface area contributed by atoms with Crippen molar-refractivity contribution in [3.63, 3.8) is 0 Å². The summed E-state index contributed by atoms with van der Waals surface area (Å²) in [7, 11) is 0. The number of fused-ring (bicyclic) bond motifs is 3. The van der Waals surface area contributed by atoms with Crippen LogP contribution in [-0.2, 0) is 0 Å². The van der Waals surface area contributed by atoms with Crippen LogP contribution in [0.4, 0.5) is 28.4 Å². The number of oxazole rings is 1. The third kappa shape index (κ3) is 12.1. The molecule has 0 spiro atoms. The summed E-state index contributed by atoms with van der Waals surface area (Å²) in [5, 5.41) is 1.64. The molecule has 0 aliphatic rings. The van der Waals surface area contributed by atoms with E-state index in [0.29, 0.717) is 51.8 Å². The van der Waals surface area contributed by atoms with Crippen LogP contribution in [0, 0.1) is 18.8 Å². The average Bonchev–Trinajstić information content (AvgIpc) is 3.85. The van der Waals surface area contributed by atoms with Gasteiger partial charge in [0.2, 0.25) is 5.89 Å². The maximum Gasteiger partial charge on any atom is 0.349 e. The summed E-state index contributed by atoms with van der Waals surface area (Å²) in [6.45, 7) is 14.9. The first-order valence-electron chi connectivity index (χ1n) is 26.7. The molecule has 9 nitrogen and oxygen atoms in total. The zero-order valence-corrected chi connectivity index (χ0v) is 44.6. The molecule has 6 aromatic carbocycles. The van der Waals surface area contributed by atoms with Gasteiger partial charge in [-0.05, 0) is 135 Å². The van der Waals surface area contributed by atoms with Gasteiger partial charge in [0.15, 0.2) is 5.58 Å². The second-order valence-electron chi connectivity index (χ2n) is 19.6. The van der Waals surface area contributed by atoms with Crippen LogP contribution >= 0.6 is 11.8 Å². The molecule has 0 N–H and O–H groups in total. The lowest BCUT2D eigenvalue weighted by atomic mass is 9.98. The van der Waals surface area contributed by atoms with Crippen molar-refractivity contribution in [3.8, 4) is 11.5 Å². The molecule has 0 fully saturated rings. The van der Waals surface area contributed by atoms with E-state index in [9.17, 15) is 9.59 Å². The van der Waals surface area contributed by atoms with E-state index in [4.69, 9.17) is 23.2 Å². The Hall–Kier alpha value is -7.17. The van der Waals surface area contributed by atoms with Gasteiger partial charge in [-0.1, -0.05) is 134 Å². The second kappa shape index (κ2) is 24.2. The van der Waals surface area contributed by atoms with E-state index in [-0.39, 0.29) is 11.5 Å². The normalized spacial score (nSPS) is 12.7. The fourth-order valence-corrected chi connectivity index (χ4v) is 10.7. The lowest BCUT2D eigenvalue weighted by Gasteiger charge is -2.29. The lowest BCUT2D eigenvalue weighted by molar-refractivity contribution is 0.458. The number of hydrogen-bond acceptors (Lipinski definition) is 10. The highest BCUT2D eigenvalue weighted by molar-refractivity contribution is 7.99. The van der Waals surface area contributed by atoms with E-state index in [0.717, 1.165) is 86.9 Å². The van der Waals surface area contributed by atoms with Gasteiger partial charge in [0, 0.05) is 68.5 Å². The first kappa shape index (κ1) is 51.7. The standard InChI is InChI=1S/C64H68N4O5S/c1-7-12-21-44(10-4)41-67(48-23-16-14-17-24-48)50-30-28-46-35-54(63(69)72-60(46)37-50)56(20-9-3)65-57-39-52(32-27-43(57)6)74-53-33-34-59-58(40-53)66-62(71-59)55-36-47-29-31-51(38-61(47)73-64(55)70)68(49-25-18-15-19-26-49)42-45(11-5)22-13-8-2/h14-19,23-40,44-45H,7-13,20-22,41-42H2,1-6H3. The van der Waals surface area contributed by atoms with Crippen LogP contribution < -0.4 is 21.1 Å². The molecule has 3 aromatic heterocycles. The summed E-state index contributed by atoms with van der Waals surface area (Å²) in [5.74, 6) is 1.28. The van der Waals surface area contributed by atoms with Crippen molar-refractivity contribution in [1.29, 1.82) is 0 Å². The molecule has 0 aliphatic heterocycles. The minimum Gasteiger partial charge on any atom is -0.436 e. The molecule has 0 amide bonds. The summed E-state index contributed by atoms with van der Waals surface area (Å²) in [5.41, 5.74) is 8.76. The monoisotopic (exact) mass is 1000 g/mol. The van der Waals surface area contributed by atoms with E-state index in [1.54, 1.807) is 11.8 Å². The van der Waals surface area contributed by atoms with Crippen molar-refractivity contribution in [2.45, 2.75) is 116 Å². The molecule has 0 saturated carbocycles. The minimum absolute atomic E-state index is 0.209. The number of aromatic nitrogens is 1. The topological polar surface area (TPSA) is 105 Å². The molecular weight excluding hydrogens is 937 g/mol. The predicted octanol–water partition coefficient (Wildman–Crippen LogP) is 17.8. The van der Waals surface area contributed by atoms with E-state index in [1.165, 1.54) is 38.5 Å². The Morgan fingerprint density at radius 3 is 1.72 bits per heavy atom. The van der Waals surface area contributed by atoms with Gasteiger partial charge in [-0.25, -0.2) is 14.6 Å². The second-order valence-corrected chi connectivity index (χ2v) is 20.7. The van der Waals surface area contributed by atoms with Gasteiger partial charge in [-0.15, -0.1) is 0 Å². The van der Waals surface area contributed by atoms with E-state index >= 15 is 0 Å². The van der Waals surface area contributed by atoms with Crippen LogP contribution in [-0.4, -0.2) is 23.8 Å². The molecule has 9 aromatic rings. The largest absolute Gasteiger partial charge is 0.436 e. The van der Waals surface area contributed by atoms with Crippen LogP contribution in [0.15, 0.2) is 183 Å². The Morgan fingerprint density at radius 2 is 1.14 bits per heavy atom. The highest BCUT2D eigenvalue weighted by Gasteiger charge is 2.21. The lowest BCUT2D eigenvalue weighted by Crippen LogP contribution is -2.25. The van der Waals surface area contributed by atoms with Gasteiger partial charge in [0.1, 0.15) is 22.2 Å². The fraction of sp³-hybridized carbons (Fsp3) is 0.312. The Bertz CT molecular complexity index is 3490. The quantitative estimate of drug-likeness (QED) is 0.0457. The molecule has 9 rings (SSSR count). The van der Waals surface area contributed by atoms with Crippen molar-refractivity contribution in [3.05, 3.63) is 178 Å². The number of aliphatic imine (C=N–C) groups is 1. The molecule has 10 heteroatoms. The molecule has 2 unspecified atom stereocenters. The van der Waals surface area contributed by atoms with E-state index in [2.05, 4.69) is 129 Å². The number of aryl methyl sites for hydroxylation is 1. The van der Waals surface area contributed by atoms with Crippen molar-refractivity contribution < 1.29 is 13.3 Å². The summed E-state index contributed by atoms with van der Waals surface area (Å²) >= 11 is 1.58. The molecule has 0 aliphatic carbocycles. The molecule has 0 saturated heterocycles. The van der Waals surface area contributed by atoms with Gasteiger partial charge in [-0.3, -0.25) is 4.99 Å². The summed E-state index contributed by atoms with van der Waals surface area (Å²) in [6, 6.07) is 48.9. The van der Waals surface area contributed by atoms with Crippen molar-refractivity contribution >= 4 is 78.9 Å². The van der Waals surface area contributed by atoms with Crippen molar-refractivity contribution in [2.24, 2.45) is 16.8 Å². The Balaban J connectivity index is 0.951. The van der Waals surface area contributed by atoms with Gasteiger partial charge in [0.25, 0.3) is 0 Å².